The minimum Gasteiger partial charge on any atom is -0.378 e. The fourth-order valence-electron chi connectivity index (χ4n) is 3.81. The van der Waals surface area contributed by atoms with E-state index in [-0.39, 0.29) is 23.7 Å². The number of hydrogen-bond acceptors (Lipinski definition) is 3. The Hall–Kier alpha value is -2.87. The molecular formula is C23H23F3N2O3. The molecule has 1 aliphatic heterocycles. The summed E-state index contributed by atoms with van der Waals surface area (Å²) < 4.78 is 43.3. The van der Waals surface area contributed by atoms with Crippen LogP contribution in [0.3, 0.4) is 0 Å². The van der Waals surface area contributed by atoms with Crippen molar-refractivity contribution >= 4 is 17.5 Å². The van der Waals surface area contributed by atoms with Crippen LogP contribution in [0, 0.1) is 5.92 Å². The molecule has 2 aliphatic rings. The van der Waals surface area contributed by atoms with Crippen LogP contribution in [0.4, 0.5) is 18.9 Å². The lowest BCUT2D eigenvalue weighted by molar-refractivity contribution is -0.137. The van der Waals surface area contributed by atoms with Gasteiger partial charge >= 0.3 is 6.18 Å². The zero-order valence-corrected chi connectivity index (χ0v) is 16.8. The molecule has 4 rings (SSSR count). The Morgan fingerprint density at radius 1 is 1.00 bits per heavy atom. The number of carbonyl (C=O) groups is 2. The Morgan fingerprint density at radius 3 is 2.26 bits per heavy atom. The first-order valence-electron chi connectivity index (χ1n) is 10.2. The number of benzene rings is 2. The number of anilines is 1. The van der Waals surface area contributed by atoms with Gasteiger partial charge in [0.25, 0.3) is 0 Å². The highest BCUT2D eigenvalue weighted by molar-refractivity contribution is 5.95. The summed E-state index contributed by atoms with van der Waals surface area (Å²) in [5.74, 6) is -0.411. The van der Waals surface area contributed by atoms with Gasteiger partial charge in [0, 0.05) is 24.7 Å². The number of morpholine rings is 1. The number of alkyl halides is 3. The molecule has 0 spiro atoms. The first kappa shape index (κ1) is 21.4. The molecule has 2 aromatic carbocycles. The highest BCUT2D eigenvalue weighted by atomic mass is 19.4. The summed E-state index contributed by atoms with van der Waals surface area (Å²) in [5, 5.41) is 2.85. The molecule has 1 heterocycles. The SMILES string of the molecule is O=C(Nc1ccc(CC(=O)N2CCOCC2)cc1)C1CC1c1ccc(C(F)(F)F)cc1. The smallest absolute Gasteiger partial charge is 0.378 e. The molecule has 8 heteroatoms. The average Bonchev–Trinajstić information content (AvgIpc) is 3.56. The number of hydrogen-bond donors (Lipinski definition) is 1. The van der Waals surface area contributed by atoms with Gasteiger partial charge in [-0.2, -0.15) is 13.2 Å². The van der Waals surface area contributed by atoms with E-state index in [1.54, 1.807) is 17.0 Å². The second kappa shape index (κ2) is 8.70. The minimum atomic E-state index is -4.36. The fraction of sp³-hybridized carbons (Fsp3) is 0.391. The number of amides is 2. The van der Waals surface area contributed by atoms with Crippen LogP contribution in [-0.4, -0.2) is 43.0 Å². The first-order valence-corrected chi connectivity index (χ1v) is 10.2. The summed E-state index contributed by atoms with van der Waals surface area (Å²) in [4.78, 5) is 26.6. The molecule has 31 heavy (non-hydrogen) atoms. The lowest BCUT2D eigenvalue weighted by Crippen LogP contribution is -2.41. The van der Waals surface area contributed by atoms with Crippen molar-refractivity contribution in [3.05, 3.63) is 65.2 Å². The number of nitrogens with one attached hydrogen (secondary N) is 1. The first-order chi connectivity index (χ1) is 14.8. The highest BCUT2D eigenvalue weighted by Gasteiger charge is 2.44. The largest absolute Gasteiger partial charge is 0.416 e. The summed E-state index contributed by atoms with van der Waals surface area (Å²) in [7, 11) is 0. The minimum absolute atomic E-state index is 0.0532. The zero-order chi connectivity index (χ0) is 22.0. The second-order valence-electron chi connectivity index (χ2n) is 7.92. The van der Waals surface area contributed by atoms with E-state index in [1.165, 1.54) is 12.1 Å². The predicted octanol–water partition coefficient (Wildman–Crippen LogP) is 3.85. The van der Waals surface area contributed by atoms with Crippen molar-refractivity contribution in [3.63, 3.8) is 0 Å². The molecule has 1 aliphatic carbocycles. The molecule has 0 bridgehead atoms. The van der Waals surface area contributed by atoms with Gasteiger partial charge in [0.05, 0.1) is 25.2 Å². The molecule has 1 N–H and O–H groups in total. The van der Waals surface area contributed by atoms with E-state index < -0.39 is 11.7 Å². The highest BCUT2D eigenvalue weighted by Crippen LogP contribution is 2.48. The van der Waals surface area contributed by atoms with E-state index in [2.05, 4.69) is 5.32 Å². The van der Waals surface area contributed by atoms with E-state index in [0.29, 0.717) is 44.8 Å². The monoisotopic (exact) mass is 432 g/mol. The predicted molar refractivity (Wildman–Crippen MR) is 108 cm³/mol. The van der Waals surface area contributed by atoms with Gasteiger partial charge in [-0.15, -0.1) is 0 Å². The third-order valence-corrected chi connectivity index (χ3v) is 5.73. The van der Waals surface area contributed by atoms with Gasteiger partial charge in [0.1, 0.15) is 0 Å². The van der Waals surface area contributed by atoms with Gasteiger partial charge in [-0.05, 0) is 47.7 Å². The standard InChI is InChI=1S/C23H23F3N2O3/c24-23(25,26)17-5-3-16(4-6-17)19-14-20(19)22(30)27-18-7-1-15(2-8-18)13-21(29)28-9-11-31-12-10-28/h1-8,19-20H,9-14H2,(H,27,30). The normalized spacial score (nSPS) is 20.9. The molecule has 1 saturated carbocycles. The molecule has 2 unspecified atom stereocenters. The molecule has 2 atom stereocenters. The van der Waals surface area contributed by atoms with Crippen molar-refractivity contribution in [2.24, 2.45) is 5.92 Å². The third-order valence-electron chi connectivity index (χ3n) is 5.73. The van der Waals surface area contributed by atoms with Gasteiger partial charge in [0.15, 0.2) is 0 Å². The lowest BCUT2D eigenvalue weighted by atomic mass is 10.1. The van der Waals surface area contributed by atoms with Gasteiger partial charge in [0.2, 0.25) is 11.8 Å². The van der Waals surface area contributed by atoms with Crippen molar-refractivity contribution in [2.45, 2.75) is 24.9 Å². The molecule has 1 saturated heterocycles. The molecule has 2 fully saturated rings. The van der Waals surface area contributed by atoms with Crippen molar-refractivity contribution < 1.29 is 27.5 Å². The number of nitrogens with zero attached hydrogens (tertiary/aromatic N) is 1. The quantitative estimate of drug-likeness (QED) is 0.781. The van der Waals surface area contributed by atoms with Gasteiger partial charge in [-0.1, -0.05) is 24.3 Å². The Bertz CT molecular complexity index is 936. The van der Waals surface area contributed by atoms with Gasteiger partial charge in [-0.25, -0.2) is 0 Å². The van der Waals surface area contributed by atoms with Gasteiger partial charge < -0.3 is 15.0 Å². The topological polar surface area (TPSA) is 58.6 Å². The van der Waals surface area contributed by atoms with Crippen molar-refractivity contribution in [3.8, 4) is 0 Å². The van der Waals surface area contributed by atoms with Crippen LogP contribution in [-0.2, 0) is 26.9 Å². The van der Waals surface area contributed by atoms with Crippen LogP contribution < -0.4 is 5.32 Å². The van der Waals surface area contributed by atoms with E-state index in [9.17, 15) is 22.8 Å². The Labute approximate surface area is 178 Å². The summed E-state index contributed by atoms with van der Waals surface area (Å²) >= 11 is 0. The Morgan fingerprint density at radius 2 is 1.65 bits per heavy atom. The molecule has 5 nitrogen and oxygen atoms in total. The Kier molecular flexibility index (Phi) is 6.00. The maximum absolute atomic E-state index is 12.7. The van der Waals surface area contributed by atoms with Crippen molar-refractivity contribution in [1.29, 1.82) is 0 Å². The number of rotatable bonds is 5. The second-order valence-corrected chi connectivity index (χ2v) is 7.92. The summed E-state index contributed by atoms with van der Waals surface area (Å²) in [6, 6.07) is 12.1. The van der Waals surface area contributed by atoms with Crippen LogP contribution in [0.5, 0.6) is 0 Å². The number of halogens is 3. The van der Waals surface area contributed by atoms with Crippen LogP contribution >= 0.6 is 0 Å². The molecule has 164 valence electrons. The summed E-state index contributed by atoms with van der Waals surface area (Å²) in [6.45, 7) is 2.33. The molecule has 0 aromatic heterocycles. The van der Waals surface area contributed by atoms with E-state index in [1.807, 2.05) is 12.1 Å². The molecule has 0 radical (unpaired) electrons. The summed E-state index contributed by atoms with van der Waals surface area (Å²) in [6.07, 6.45) is -3.45. The maximum atomic E-state index is 12.7. The van der Waals surface area contributed by atoms with E-state index in [4.69, 9.17) is 4.74 Å². The maximum Gasteiger partial charge on any atom is 0.416 e. The lowest BCUT2D eigenvalue weighted by Gasteiger charge is -2.26. The average molecular weight is 432 g/mol. The molecular weight excluding hydrogens is 409 g/mol. The van der Waals surface area contributed by atoms with Crippen molar-refractivity contribution in [1.82, 2.24) is 4.90 Å². The van der Waals surface area contributed by atoms with Gasteiger partial charge in [-0.3, -0.25) is 9.59 Å². The zero-order valence-electron chi connectivity index (χ0n) is 16.8. The number of ether oxygens (including phenoxy) is 1. The van der Waals surface area contributed by atoms with Crippen molar-refractivity contribution in [2.75, 3.05) is 31.6 Å². The van der Waals surface area contributed by atoms with E-state index in [0.717, 1.165) is 23.3 Å². The molecule has 2 aromatic rings. The van der Waals surface area contributed by atoms with E-state index >= 15 is 0 Å². The van der Waals surface area contributed by atoms with Crippen LogP contribution in [0.1, 0.15) is 29.0 Å². The summed E-state index contributed by atoms with van der Waals surface area (Å²) in [5.41, 5.74) is 1.55. The van der Waals surface area contributed by atoms with Crippen LogP contribution in [0.2, 0.25) is 0 Å². The fourth-order valence-corrected chi connectivity index (χ4v) is 3.81. The number of carbonyl (C=O) groups excluding carboxylic acids is 2. The van der Waals surface area contributed by atoms with Crippen LogP contribution in [0.15, 0.2) is 48.5 Å². The Balaban J connectivity index is 1.29. The third kappa shape index (κ3) is 5.25. The molecule has 2 amide bonds. The van der Waals surface area contributed by atoms with Crippen LogP contribution in [0.25, 0.3) is 0 Å².